The Labute approximate surface area is 750 Å². The lowest BCUT2D eigenvalue weighted by atomic mass is 9.43. The van der Waals surface area contributed by atoms with Crippen LogP contribution in [0.5, 0.6) is 0 Å². The van der Waals surface area contributed by atoms with Gasteiger partial charge in [-0.3, -0.25) is 91.5 Å². The zero-order valence-electron chi connectivity index (χ0n) is 76.2. The number of nitrogens with two attached hydrogens (primary N) is 2. The van der Waals surface area contributed by atoms with Crippen LogP contribution in [-0.4, -0.2) is 283 Å². The van der Waals surface area contributed by atoms with Crippen molar-refractivity contribution >= 4 is 111 Å². The quantitative estimate of drug-likeness (QED) is 0.0352. The molecule has 17 atom stereocenters. The predicted octanol–water partition coefficient (Wildman–Crippen LogP) is 4.22. The Hall–Kier alpha value is -9.07. The maximum atomic E-state index is 14.0. The van der Waals surface area contributed by atoms with Crippen molar-refractivity contribution in [1.82, 2.24) is 66.5 Å². The molecule has 16 N–H and O–H groups in total. The highest BCUT2D eigenvalue weighted by Gasteiger charge is 2.66. The van der Waals surface area contributed by atoms with E-state index in [0.29, 0.717) is 115 Å². The summed E-state index contributed by atoms with van der Waals surface area (Å²) in [5, 5.41) is 61.8. The summed E-state index contributed by atoms with van der Waals surface area (Å²) in [5.41, 5.74) is 12.7. The van der Waals surface area contributed by atoms with Crippen molar-refractivity contribution in [3.63, 3.8) is 0 Å². The molecule has 8 amide bonds. The third-order valence-corrected chi connectivity index (χ3v) is 27.7. The van der Waals surface area contributed by atoms with Crippen LogP contribution in [0.3, 0.4) is 0 Å². The Kier molecular flexibility index (Phi) is 42.0. The zero-order valence-corrected chi connectivity index (χ0v) is 77.0. The Bertz CT molecular complexity index is 4150. The third-order valence-electron chi connectivity index (χ3n) is 27.0. The molecule has 0 spiro atoms. The number of aliphatic hydroxyl groups excluding tert-OH is 2. The summed E-state index contributed by atoms with van der Waals surface area (Å²) in [6.07, 6.45) is 11.7. The summed E-state index contributed by atoms with van der Waals surface area (Å²) in [6.45, 7) is 21.8. The van der Waals surface area contributed by atoms with Gasteiger partial charge in [0.05, 0.1) is 56.3 Å². The van der Waals surface area contributed by atoms with Gasteiger partial charge in [-0.2, -0.15) is 11.8 Å². The summed E-state index contributed by atoms with van der Waals surface area (Å²) in [5.74, 6) is -6.57. The largest absolute Gasteiger partial charge is 0.480 e. The minimum absolute atomic E-state index is 0.00353. The van der Waals surface area contributed by atoms with Gasteiger partial charge in [-0.15, -0.1) is 0 Å². The normalized spacial score (nSPS) is 24.2. The highest BCUT2D eigenvalue weighted by Crippen LogP contribution is 2.68. The van der Waals surface area contributed by atoms with E-state index in [0.717, 1.165) is 35.7 Å². The number of imidazole rings is 1. The van der Waals surface area contributed by atoms with E-state index < -0.39 is 95.2 Å². The molecule has 0 unspecified atom stereocenters. The molecule has 5 fully saturated rings. The molecule has 5 aliphatic rings. The lowest BCUT2D eigenvalue weighted by Gasteiger charge is -2.63. The number of carboxylic acids is 2. The molecule has 4 aliphatic carbocycles. The Morgan fingerprint density at radius 3 is 1.83 bits per heavy atom. The van der Waals surface area contributed by atoms with E-state index in [1.807, 2.05) is 74.2 Å². The lowest BCUT2D eigenvalue weighted by Crippen LogP contribution is -2.63. The number of benzene rings is 1. The highest BCUT2D eigenvalue weighted by atomic mass is 32.2. The monoisotopic (exact) mass is 1800 g/mol. The fraction of sp³-hybridized carbons (Fsp3) is 0.714. The van der Waals surface area contributed by atoms with Gasteiger partial charge in [0.1, 0.15) is 24.6 Å². The molecule has 4 saturated carbocycles. The second kappa shape index (κ2) is 50.8. The van der Waals surface area contributed by atoms with Gasteiger partial charge in [0.2, 0.25) is 47.3 Å². The lowest BCUT2D eigenvalue weighted by molar-refractivity contribution is -0.202. The van der Waals surface area contributed by atoms with Gasteiger partial charge in [-0.1, -0.05) is 80.5 Å². The Morgan fingerprint density at radius 2 is 1.24 bits per heavy atom. The number of fused-ring (bicyclic) bond motifs is 6. The Morgan fingerprint density at radius 1 is 0.630 bits per heavy atom. The van der Waals surface area contributed by atoms with Crippen LogP contribution in [0.1, 0.15) is 202 Å². The number of thioether (sulfide) groups is 1. The number of ether oxygens (including phenoxy) is 1. The van der Waals surface area contributed by atoms with Crippen molar-refractivity contribution in [1.29, 1.82) is 0 Å². The van der Waals surface area contributed by atoms with Crippen molar-refractivity contribution < 1.29 is 97.1 Å². The first-order valence-electron chi connectivity index (χ1n) is 45.3. The number of aliphatic carboxylic acids is 2. The van der Waals surface area contributed by atoms with Crippen LogP contribution in [0.15, 0.2) is 43.0 Å². The number of aromatic amines is 2. The standard InChI is InChI=1S/C63H97N9O14.C28H46N6O6S/c1-39(2)28-52(75)51(29-41-33-65-49-9-7-6-8-45(41)49)68-61(85)50(14-15-55(64)78)67-57(80)16-10-40(3)46-12-13-47-60-48(32-54(77)63(46,47)5)62(4)19-18-43(30-42(62)31-53(60)76)66-56(79)17-11-44(74)34-69-20-22-70(35-58(81)82)24-26-72(37-86-38-73)27-25-71(23-21-69)36-59(83)84;1-16(2)11-19(28(40)34-21(27(29)39)9-10-41-6)12-24(37)22(13-20-14-30-15-31-20)33-25(38)8-7-23(36)26(17(3)4)32-18(5)35/h6-9,33,38-40,42-43,46-48,50-51,53-54,60,65,76-77H,10-32,34-37H2,1-5H3,(H2,64,78)(H,66,79)(H,67,80)(H,68,85)(H,81,82)(H,83,84);14-17,19,21-22,26H,7-13H2,1-6H3,(H2,29,39)(H,30,31)(H,32,35)(H,33,38)(H,34,40)/t40-,42+,43+,46-,47+,48+,50+,51+,53-,54+,60+,62+,63-;19-,21+,22+,26+/m11/s1. The number of primary amides is 2. The molecule has 0 radical (unpaired) electrons. The number of H-pyrrole nitrogens is 2. The number of carbonyl (C=O) groups excluding carboxylic acids is 13. The summed E-state index contributed by atoms with van der Waals surface area (Å²) in [6, 6.07) is 3.06. The highest BCUT2D eigenvalue weighted by molar-refractivity contribution is 7.98. The van der Waals surface area contributed by atoms with E-state index in [1.165, 1.54) is 31.2 Å². The first-order valence-corrected chi connectivity index (χ1v) is 46.7. The van der Waals surface area contributed by atoms with Crippen LogP contribution in [0.4, 0.5) is 0 Å². The molecule has 3 aromatic rings. The molecule has 1 aromatic carbocycles. The molecule has 0 bridgehead atoms. The van der Waals surface area contributed by atoms with E-state index >= 15 is 0 Å². The van der Waals surface area contributed by atoms with E-state index in [1.54, 1.807) is 23.6 Å². The van der Waals surface area contributed by atoms with Crippen LogP contribution < -0.4 is 43.4 Å². The number of para-hydroxylation sites is 1. The van der Waals surface area contributed by atoms with Crippen molar-refractivity contribution in [2.24, 2.45) is 81.5 Å². The summed E-state index contributed by atoms with van der Waals surface area (Å²) < 4.78 is 4.95. The zero-order chi connectivity index (χ0) is 93.6. The van der Waals surface area contributed by atoms with Gasteiger partial charge in [-0.25, -0.2) is 4.98 Å². The number of carbonyl (C=O) groups is 15. The number of nitrogens with zero attached hydrogens (tertiary/aromatic N) is 5. The van der Waals surface area contributed by atoms with Gasteiger partial charge in [0, 0.05) is 164 Å². The van der Waals surface area contributed by atoms with E-state index in [2.05, 4.69) is 67.6 Å². The topological polar surface area (TPSA) is 528 Å². The maximum absolute atomic E-state index is 14.0. The van der Waals surface area contributed by atoms with Crippen LogP contribution in [0, 0.1) is 70.0 Å². The minimum atomic E-state index is -1.11. The van der Waals surface area contributed by atoms with Crippen molar-refractivity contribution in [3.05, 3.63) is 54.2 Å². The van der Waals surface area contributed by atoms with Crippen LogP contribution in [-0.2, 0) is 89.5 Å². The van der Waals surface area contributed by atoms with Crippen LogP contribution >= 0.6 is 11.8 Å². The van der Waals surface area contributed by atoms with E-state index in [4.69, 9.17) is 16.2 Å². The number of aliphatic hydroxyl groups is 2. The molecule has 1 saturated heterocycles. The van der Waals surface area contributed by atoms with Gasteiger partial charge in [0.25, 0.3) is 6.47 Å². The van der Waals surface area contributed by atoms with Crippen LogP contribution in [0.25, 0.3) is 10.9 Å². The first-order chi connectivity index (χ1) is 60.1. The Balaban J connectivity index is 0.000000452. The molecule has 127 heavy (non-hydrogen) atoms. The van der Waals surface area contributed by atoms with Gasteiger partial charge < -0.3 is 78.5 Å². The molecule has 36 heteroatoms. The fourth-order valence-corrected chi connectivity index (χ4v) is 20.7. The molecule has 8 rings (SSSR count). The second-order valence-corrected chi connectivity index (χ2v) is 38.6. The van der Waals surface area contributed by atoms with Gasteiger partial charge in [0.15, 0.2) is 17.3 Å². The smallest absolute Gasteiger partial charge is 0.317 e. The van der Waals surface area contributed by atoms with Crippen molar-refractivity contribution in [3.8, 4) is 0 Å². The van der Waals surface area contributed by atoms with E-state index in [-0.39, 0.29) is 203 Å². The maximum Gasteiger partial charge on any atom is 0.317 e. The number of aromatic nitrogens is 3. The minimum Gasteiger partial charge on any atom is -0.480 e. The van der Waals surface area contributed by atoms with Crippen molar-refractivity contribution in [2.75, 3.05) is 90.7 Å². The number of hydrogen-bond donors (Lipinski definition) is 14. The molecule has 708 valence electrons. The summed E-state index contributed by atoms with van der Waals surface area (Å²) >= 11 is 1.53. The number of Topliss-reactive ketones (excluding diaryl/α,β-unsaturated/α-hetero) is 4. The number of nitrogens with one attached hydrogen (secondary N) is 8. The van der Waals surface area contributed by atoms with Gasteiger partial charge in [-0.05, 0) is 158 Å². The fourth-order valence-electron chi connectivity index (χ4n) is 20.2. The van der Waals surface area contributed by atoms with Crippen molar-refractivity contribution in [2.45, 2.75) is 253 Å². The van der Waals surface area contributed by atoms with Crippen LogP contribution in [0.2, 0.25) is 0 Å². The summed E-state index contributed by atoms with van der Waals surface area (Å²) in [7, 11) is 0. The average Bonchev–Trinajstić information content (AvgIpc) is 1.63. The molecule has 2 aromatic heterocycles. The SMILES string of the molecule is CC(C)CC(=O)[C@H](Cc1c[nH]c2ccccc12)NC(=O)[C@H](CCC(N)=O)NC(=O)CC[C@@H](C)[C@H]1CC[C@H]2[C@@H]3[C@H](O)C[C@@H]4C[C@@H](NC(=O)CCC(=O)CN5CCN(CC(=O)O)CCN(COC=O)CCN(CC(=O)O)CC5)CC[C@]4(C)[C@H]3C[C@H](O)[C@]12C.CSCC[C@H](NC(=O)[C@@H](CC(=O)[C@H](Cc1cnc[nH]1)NC(=O)CCC(=O)[C@@H](NC(C)=O)C(C)C)CC(C)C)C(N)=O. The third kappa shape index (κ3) is 32.2. The average molecular weight is 1800 g/mol. The molecular formula is C91H143N15O20S. The number of ketones is 4. The molecular weight excluding hydrogens is 1660 g/mol. The molecule has 1 aliphatic heterocycles. The van der Waals surface area contributed by atoms with Gasteiger partial charge >= 0.3 is 11.9 Å². The number of rotatable bonds is 48. The number of hydrogen-bond acceptors (Lipinski definition) is 24. The molecule has 35 nitrogen and oxygen atoms in total. The van der Waals surface area contributed by atoms with E-state index in [9.17, 15) is 92.3 Å². The predicted molar refractivity (Wildman–Crippen MR) is 477 cm³/mol. The number of amides is 8. The second-order valence-electron chi connectivity index (χ2n) is 37.7. The number of carboxylic acid groups (broad SMARTS) is 2. The molecule has 3 heterocycles. The first kappa shape index (κ1) is 105. The summed E-state index contributed by atoms with van der Waals surface area (Å²) in [4.78, 5) is 208.